The number of benzene rings is 1. The minimum atomic E-state index is -0.450. The van der Waals surface area contributed by atoms with Crippen LogP contribution in [0.5, 0.6) is 0 Å². The molecule has 6 heteroatoms. The zero-order valence-electron chi connectivity index (χ0n) is 12.9. The van der Waals surface area contributed by atoms with E-state index < -0.39 is 5.97 Å². The number of nitrogens with zero attached hydrogens (tertiary/aromatic N) is 3. The van der Waals surface area contributed by atoms with Gasteiger partial charge in [-0.3, -0.25) is 4.98 Å². The minimum absolute atomic E-state index is 0.305. The summed E-state index contributed by atoms with van der Waals surface area (Å²) < 4.78 is 7.60. The largest absolute Gasteiger partial charge is 0.464 e. The lowest BCUT2D eigenvalue weighted by Gasteiger charge is -2.05. The van der Waals surface area contributed by atoms with Gasteiger partial charge in [0, 0.05) is 10.7 Å². The summed E-state index contributed by atoms with van der Waals surface area (Å²) in [4.78, 5) is 16.6. The van der Waals surface area contributed by atoms with E-state index in [1.165, 1.54) is 7.11 Å². The monoisotopic (exact) mass is 373 g/mol. The van der Waals surface area contributed by atoms with E-state index in [4.69, 9.17) is 4.74 Å². The lowest BCUT2D eigenvalue weighted by atomic mass is 10.1. The molecule has 0 aliphatic heterocycles. The number of rotatable bonds is 4. The van der Waals surface area contributed by atoms with Gasteiger partial charge in [-0.15, -0.1) is 0 Å². The number of esters is 1. The Labute approximate surface area is 142 Å². The molecule has 0 unspecified atom stereocenters. The van der Waals surface area contributed by atoms with E-state index in [0.29, 0.717) is 5.69 Å². The van der Waals surface area contributed by atoms with Gasteiger partial charge >= 0.3 is 5.97 Å². The zero-order chi connectivity index (χ0) is 16.4. The van der Waals surface area contributed by atoms with Crippen LogP contribution in [0.4, 0.5) is 0 Å². The number of methoxy groups -OCH3 is 1. The quantitative estimate of drug-likeness (QED) is 0.650. The smallest absolute Gasteiger partial charge is 0.359 e. The molecule has 0 N–H and O–H groups in total. The number of ether oxygens (including phenoxy) is 1. The van der Waals surface area contributed by atoms with Crippen molar-refractivity contribution in [1.82, 2.24) is 14.8 Å². The predicted molar refractivity (Wildman–Crippen MR) is 91.9 cm³/mol. The first-order valence-corrected chi connectivity index (χ1v) is 8.16. The van der Waals surface area contributed by atoms with E-state index in [-0.39, 0.29) is 0 Å². The number of hydrogen-bond donors (Lipinski definition) is 0. The van der Waals surface area contributed by atoms with E-state index in [9.17, 15) is 4.79 Å². The minimum Gasteiger partial charge on any atom is -0.464 e. The lowest BCUT2D eigenvalue weighted by Crippen LogP contribution is -2.05. The molecule has 5 nitrogen and oxygen atoms in total. The molecule has 2 aromatic heterocycles. The van der Waals surface area contributed by atoms with Crippen LogP contribution in [0, 0.1) is 0 Å². The van der Waals surface area contributed by atoms with Crippen molar-refractivity contribution in [2.24, 2.45) is 0 Å². The van der Waals surface area contributed by atoms with Crippen molar-refractivity contribution in [2.75, 3.05) is 7.11 Å². The van der Waals surface area contributed by atoms with Gasteiger partial charge in [0.05, 0.1) is 29.4 Å². The fourth-order valence-electron chi connectivity index (χ4n) is 2.60. The second-order valence-electron chi connectivity index (χ2n) is 5.13. The number of pyridine rings is 1. The summed E-state index contributed by atoms with van der Waals surface area (Å²) in [5.74, 6) is -0.450. The van der Waals surface area contributed by atoms with Gasteiger partial charge in [0.1, 0.15) is 0 Å². The van der Waals surface area contributed by atoms with Crippen molar-refractivity contribution in [3.63, 3.8) is 0 Å². The molecule has 0 atom stereocenters. The van der Waals surface area contributed by atoms with E-state index in [1.807, 2.05) is 30.3 Å². The van der Waals surface area contributed by atoms with Crippen LogP contribution in [0.15, 0.2) is 41.0 Å². The summed E-state index contributed by atoms with van der Waals surface area (Å²) in [6, 6.07) is 9.64. The number of aromatic nitrogens is 3. The lowest BCUT2D eigenvalue weighted by molar-refractivity contribution is 0.0595. The molecule has 0 fully saturated rings. The van der Waals surface area contributed by atoms with E-state index in [0.717, 1.165) is 39.6 Å². The van der Waals surface area contributed by atoms with Crippen LogP contribution in [0.25, 0.3) is 16.6 Å². The number of hydrogen-bond acceptors (Lipinski definition) is 4. The van der Waals surface area contributed by atoms with Gasteiger partial charge in [0.15, 0.2) is 5.69 Å². The van der Waals surface area contributed by atoms with Crippen molar-refractivity contribution in [3.05, 3.63) is 52.4 Å². The van der Waals surface area contributed by atoms with Crippen LogP contribution in [0.1, 0.15) is 29.5 Å². The summed E-state index contributed by atoms with van der Waals surface area (Å²) >= 11 is 3.47. The molecule has 0 saturated heterocycles. The Bertz CT molecular complexity index is 873. The van der Waals surface area contributed by atoms with Crippen LogP contribution in [0.3, 0.4) is 0 Å². The van der Waals surface area contributed by atoms with Crippen LogP contribution >= 0.6 is 15.9 Å². The van der Waals surface area contributed by atoms with Crippen molar-refractivity contribution in [3.8, 4) is 5.69 Å². The topological polar surface area (TPSA) is 57.0 Å². The number of fused-ring (bicyclic) bond motifs is 1. The third kappa shape index (κ3) is 2.86. The fraction of sp³-hybridized carbons (Fsp3) is 0.235. The molecule has 1 aromatic carbocycles. The van der Waals surface area contributed by atoms with Crippen molar-refractivity contribution in [2.45, 2.75) is 19.8 Å². The zero-order valence-corrected chi connectivity index (χ0v) is 14.5. The number of aryl methyl sites for hydroxylation is 1. The van der Waals surface area contributed by atoms with Gasteiger partial charge < -0.3 is 4.74 Å². The average Bonchev–Trinajstić information content (AvgIpc) is 2.95. The molecule has 0 aliphatic rings. The molecule has 0 bridgehead atoms. The van der Waals surface area contributed by atoms with Gasteiger partial charge in [-0.05, 0) is 30.7 Å². The SMILES string of the molecule is CCCc1nccc2c1c(C(=O)OC)nn2-c1cccc(Br)c1. The molecule has 23 heavy (non-hydrogen) atoms. The van der Waals surface area contributed by atoms with Crippen molar-refractivity contribution < 1.29 is 9.53 Å². The highest BCUT2D eigenvalue weighted by Crippen LogP contribution is 2.26. The molecule has 3 aromatic rings. The molecular weight excluding hydrogens is 358 g/mol. The molecule has 0 aliphatic carbocycles. The third-order valence-electron chi connectivity index (χ3n) is 3.59. The Morgan fingerprint density at radius 2 is 2.17 bits per heavy atom. The summed E-state index contributed by atoms with van der Waals surface area (Å²) in [5, 5.41) is 5.26. The van der Waals surface area contributed by atoms with Gasteiger partial charge in [-0.2, -0.15) is 5.10 Å². The summed E-state index contributed by atoms with van der Waals surface area (Å²) in [5.41, 5.74) is 2.89. The van der Waals surface area contributed by atoms with Crippen LogP contribution < -0.4 is 0 Å². The summed E-state index contributed by atoms with van der Waals surface area (Å²) in [6.45, 7) is 2.08. The summed E-state index contributed by atoms with van der Waals surface area (Å²) in [6.07, 6.45) is 3.48. The van der Waals surface area contributed by atoms with E-state index >= 15 is 0 Å². The van der Waals surface area contributed by atoms with Crippen LogP contribution in [0.2, 0.25) is 0 Å². The van der Waals surface area contributed by atoms with Crippen molar-refractivity contribution in [1.29, 1.82) is 0 Å². The normalized spacial score (nSPS) is 10.9. The molecule has 2 heterocycles. The van der Waals surface area contributed by atoms with Gasteiger partial charge in [0.25, 0.3) is 0 Å². The Kier molecular flexibility index (Phi) is 4.43. The third-order valence-corrected chi connectivity index (χ3v) is 4.08. The maximum absolute atomic E-state index is 12.2. The molecule has 0 spiro atoms. The first-order chi connectivity index (χ1) is 11.2. The Morgan fingerprint density at radius 3 is 2.87 bits per heavy atom. The maximum Gasteiger partial charge on any atom is 0.359 e. The number of carbonyl (C=O) groups is 1. The van der Waals surface area contributed by atoms with Gasteiger partial charge in [0.2, 0.25) is 0 Å². The second kappa shape index (κ2) is 6.50. The first-order valence-electron chi connectivity index (χ1n) is 7.36. The molecule has 0 radical (unpaired) electrons. The fourth-order valence-corrected chi connectivity index (χ4v) is 2.99. The molecule has 118 valence electrons. The van der Waals surface area contributed by atoms with Crippen LogP contribution in [-0.2, 0) is 11.2 Å². The Balaban J connectivity index is 2.32. The maximum atomic E-state index is 12.2. The predicted octanol–water partition coefficient (Wildman–Crippen LogP) is 3.92. The standard InChI is InChI=1S/C17H16BrN3O2/c1-3-5-13-15-14(8-9-19-13)21(20-16(15)17(22)23-2)12-7-4-6-11(18)10-12/h4,6-10H,3,5H2,1-2H3. The van der Waals surface area contributed by atoms with E-state index in [1.54, 1.807) is 10.9 Å². The molecular formula is C17H16BrN3O2. The highest BCUT2D eigenvalue weighted by molar-refractivity contribution is 9.10. The summed E-state index contributed by atoms with van der Waals surface area (Å²) in [7, 11) is 1.36. The van der Waals surface area contributed by atoms with Gasteiger partial charge in [-0.25, -0.2) is 9.48 Å². The average molecular weight is 374 g/mol. The molecule has 0 amide bonds. The highest BCUT2D eigenvalue weighted by Gasteiger charge is 2.21. The molecule has 0 saturated carbocycles. The number of halogens is 1. The first kappa shape index (κ1) is 15.7. The highest BCUT2D eigenvalue weighted by atomic mass is 79.9. The Hall–Kier alpha value is -2.21. The van der Waals surface area contributed by atoms with Gasteiger partial charge in [-0.1, -0.05) is 35.3 Å². The van der Waals surface area contributed by atoms with Crippen molar-refractivity contribution >= 4 is 32.8 Å². The molecule has 3 rings (SSSR count). The van der Waals surface area contributed by atoms with E-state index in [2.05, 4.69) is 32.9 Å². The number of carbonyl (C=O) groups excluding carboxylic acids is 1. The van der Waals surface area contributed by atoms with Crippen LogP contribution in [-0.4, -0.2) is 27.8 Å². The second-order valence-corrected chi connectivity index (χ2v) is 6.05. The Morgan fingerprint density at radius 1 is 1.35 bits per heavy atom.